The summed E-state index contributed by atoms with van der Waals surface area (Å²) in [6.45, 7) is 0.432. The molecule has 0 unspecified atom stereocenters. The molecule has 4 nitrogen and oxygen atoms in total. The lowest BCUT2D eigenvalue weighted by molar-refractivity contribution is 0.225. The van der Waals surface area contributed by atoms with Crippen molar-refractivity contribution in [2.45, 2.75) is 6.54 Å². The van der Waals surface area contributed by atoms with Crippen molar-refractivity contribution >= 4 is 11.7 Å². The zero-order valence-corrected chi connectivity index (χ0v) is 9.40. The first kappa shape index (κ1) is 11.5. The van der Waals surface area contributed by atoms with Gasteiger partial charge < -0.3 is 10.6 Å². The minimum absolute atomic E-state index is 0.0594. The molecule has 0 heterocycles. The van der Waals surface area contributed by atoms with Crippen molar-refractivity contribution in [3.8, 4) is 0 Å². The van der Waals surface area contributed by atoms with Crippen molar-refractivity contribution in [2.24, 2.45) is 5.73 Å². The Morgan fingerprint density at radius 2 is 1.87 bits per heavy atom. The first-order valence-corrected chi connectivity index (χ1v) is 4.81. The van der Waals surface area contributed by atoms with Crippen LogP contribution in [0.4, 0.5) is 10.5 Å². The number of anilines is 1. The van der Waals surface area contributed by atoms with E-state index >= 15 is 0 Å². The van der Waals surface area contributed by atoms with Gasteiger partial charge in [0.1, 0.15) is 0 Å². The second-order valence-electron chi connectivity index (χ2n) is 3.57. The Morgan fingerprint density at radius 3 is 2.40 bits per heavy atom. The predicted octanol–water partition coefficient (Wildman–Crippen LogP) is 1.26. The van der Waals surface area contributed by atoms with Gasteiger partial charge in [-0.1, -0.05) is 18.2 Å². The van der Waals surface area contributed by atoms with Crippen molar-refractivity contribution in [3.05, 3.63) is 29.8 Å². The summed E-state index contributed by atoms with van der Waals surface area (Å²) in [7, 11) is 5.20. The predicted molar refractivity (Wildman–Crippen MR) is 61.8 cm³/mol. The molecule has 15 heavy (non-hydrogen) atoms. The number of amides is 2. The Balaban J connectivity index is 3.00. The molecule has 0 aromatic heterocycles. The quantitative estimate of drug-likeness (QED) is 0.793. The highest BCUT2D eigenvalue weighted by Crippen LogP contribution is 2.19. The summed E-state index contributed by atoms with van der Waals surface area (Å²) < 4.78 is 0. The SMILES string of the molecule is CN(C)C(=O)N(C)c1ccccc1CN. The van der Waals surface area contributed by atoms with E-state index < -0.39 is 0 Å². The molecule has 0 aliphatic rings. The number of benzene rings is 1. The van der Waals surface area contributed by atoms with E-state index in [1.54, 1.807) is 26.0 Å². The Hall–Kier alpha value is -1.55. The van der Waals surface area contributed by atoms with Crippen LogP contribution in [0.3, 0.4) is 0 Å². The molecule has 0 saturated heterocycles. The Labute approximate surface area is 90.3 Å². The van der Waals surface area contributed by atoms with Crippen LogP contribution in [0.1, 0.15) is 5.56 Å². The minimum atomic E-state index is -0.0594. The minimum Gasteiger partial charge on any atom is -0.330 e. The summed E-state index contributed by atoms with van der Waals surface area (Å²) in [4.78, 5) is 14.9. The summed E-state index contributed by atoms with van der Waals surface area (Å²) >= 11 is 0. The van der Waals surface area contributed by atoms with Crippen LogP contribution in [-0.4, -0.2) is 32.1 Å². The van der Waals surface area contributed by atoms with Crippen molar-refractivity contribution < 1.29 is 4.79 Å². The lowest BCUT2D eigenvalue weighted by Gasteiger charge is -2.23. The fourth-order valence-electron chi connectivity index (χ4n) is 1.41. The normalized spacial score (nSPS) is 9.87. The standard InChI is InChI=1S/C11H17N3O/c1-13(2)11(15)14(3)10-7-5-4-6-9(10)8-12/h4-7H,8,12H2,1-3H3. The Kier molecular flexibility index (Phi) is 3.68. The second-order valence-corrected chi connectivity index (χ2v) is 3.57. The van der Waals surface area contributed by atoms with Gasteiger partial charge in [-0.15, -0.1) is 0 Å². The zero-order valence-electron chi connectivity index (χ0n) is 9.40. The number of carbonyl (C=O) groups is 1. The molecule has 0 aliphatic heterocycles. The van der Waals surface area contributed by atoms with Crippen LogP contribution >= 0.6 is 0 Å². The Morgan fingerprint density at radius 1 is 1.27 bits per heavy atom. The number of nitrogens with two attached hydrogens (primary N) is 1. The maximum Gasteiger partial charge on any atom is 0.323 e. The molecule has 2 amide bonds. The molecule has 0 bridgehead atoms. The smallest absolute Gasteiger partial charge is 0.323 e. The third kappa shape index (κ3) is 2.47. The van der Waals surface area contributed by atoms with Crippen LogP contribution in [-0.2, 0) is 6.54 Å². The van der Waals surface area contributed by atoms with Gasteiger partial charge >= 0.3 is 6.03 Å². The molecule has 0 saturated carbocycles. The molecule has 2 N–H and O–H groups in total. The number of nitrogens with zero attached hydrogens (tertiary/aromatic N) is 2. The second kappa shape index (κ2) is 4.79. The molecule has 1 aromatic carbocycles. The van der Waals surface area contributed by atoms with Gasteiger partial charge in [0.2, 0.25) is 0 Å². The average molecular weight is 207 g/mol. The molecular formula is C11H17N3O. The number of urea groups is 1. The fraction of sp³-hybridized carbons (Fsp3) is 0.364. The van der Waals surface area contributed by atoms with Gasteiger partial charge in [0, 0.05) is 33.4 Å². The summed E-state index contributed by atoms with van der Waals surface area (Å²) in [6, 6.07) is 7.57. The molecule has 1 aromatic rings. The lowest BCUT2D eigenvalue weighted by Crippen LogP contribution is -2.36. The number of para-hydroxylation sites is 1. The van der Waals surface area contributed by atoms with Crippen LogP contribution in [0.25, 0.3) is 0 Å². The van der Waals surface area contributed by atoms with Crippen LogP contribution < -0.4 is 10.6 Å². The molecule has 0 radical (unpaired) electrons. The van der Waals surface area contributed by atoms with Gasteiger partial charge in [0.05, 0.1) is 0 Å². The number of hydrogen-bond acceptors (Lipinski definition) is 2. The van der Waals surface area contributed by atoms with E-state index in [9.17, 15) is 4.79 Å². The van der Waals surface area contributed by atoms with E-state index in [-0.39, 0.29) is 6.03 Å². The van der Waals surface area contributed by atoms with E-state index in [1.807, 2.05) is 24.3 Å². The third-order valence-electron chi connectivity index (χ3n) is 2.24. The van der Waals surface area contributed by atoms with Gasteiger partial charge in [-0.2, -0.15) is 0 Å². The molecule has 4 heteroatoms. The summed E-state index contributed by atoms with van der Waals surface area (Å²) in [5, 5.41) is 0. The third-order valence-corrected chi connectivity index (χ3v) is 2.24. The van der Waals surface area contributed by atoms with E-state index in [2.05, 4.69) is 0 Å². The van der Waals surface area contributed by atoms with Crippen molar-refractivity contribution in [1.82, 2.24) is 4.90 Å². The van der Waals surface area contributed by atoms with Crippen molar-refractivity contribution in [1.29, 1.82) is 0 Å². The summed E-state index contributed by atoms with van der Waals surface area (Å²) in [6.07, 6.45) is 0. The van der Waals surface area contributed by atoms with E-state index in [4.69, 9.17) is 5.73 Å². The van der Waals surface area contributed by atoms with Gasteiger partial charge in [-0.25, -0.2) is 4.79 Å². The van der Waals surface area contributed by atoms with Gasteiger partial charge in [-0.3, -0.25) is 4.90 Å². The molecule has 0 fully saturated rings. The molecule has 0 atom stereocenters. The van der Waals surface area contributed by atoms with Gasteiger partial charge in [-0.05, 0) is 11.6 Å². The van der Waals surface area contributed by atoms with E-state index in [0.717, 1.165) is 11.3 Å². The highest BCUT2D eigenvalue weighted by molar-refractivity contribution is 5.91. The van der Waals surface area contributed by atoms with Crippen LogP contribution in [0.2, 0.25) is 0 Å². The fourth-order valence-corrected chi connectivity index (χ4v) is 1.41. The summed E-state index contributed by atoms with van der Waals surface area (Å²) in [5.74, 6) is 0. The molecular weight excluding hydrogens is 190 g/mol. The number of carbonyl (C=O) groups excluding carboxylic acids is 1. The van der Waals surface area contributed by atoms with Crippen molar-refractivity contribution in [3.63, 3.8) is 0 Å². The van der Waals surface area contributed by atoms with E-state index in [1.165, 1.54) is 4.90 Å². The largest absolute Gasteiger partial charge is 0.330 e. The highest BCUT2D eigenvalue weighted by Gasteiger charge is 2.14. The maximum absolute atomic E-state index is 11.7. The molecule has 0 spiro atoms. The molecule has 82 valence electrons. The first-order chi connectivity index (χ1) is 7.07. The molecule has 1 rings (SSSR count). The van der Waals surface area contributed by atoms with Crippen LogP contribution in [0.15, 0.2) is 24.3 Å². The maximum atomic E-state index is 11.7. The first-order valence-electron chi connectivity index (χ1n) is 4.81. The zero-order chi connectivity index (χ0) is 11.4. The van der Waals surface area contributed by atoms with Crippen LogP contribution in [0.5, 0.6) is 0 Å². The van der Waals surface area contributed by atoms with Crippen molar-refractivity contribution in [2.75, 3.05) is 26.0 Å². The Bertz CT molecular complexity index is 349. The van der Waals surface area contributed by atoms with Gasteiger partial charge in [0.25, 0.3) is 0 Å². The van der Waals surface area contributed by atoms with E-state index in [0.29, 0.717) is 6.54 Å². The molecule has 0 aliphatic carbocycles. The highest BCUT2D eigenvalue weighted by atomic mass is 16.2. The van der Waals surface area contributed by atoms with Crippen LogP contribution in [0, 0.1) is 0 Å². The topological polar surface area (TPSA) is 49.6 Å². The lowest BCUT2D eigenvalue weighted by atomic mass is 10.1. The monoisotopic (exact) mass is 207 g/mol. The average Bonchev–Trinajstić information content (AvgIpc) is 2.26. The summed E-state index contributed by atoms with van der Waals surface area (Å²) in [5.41, 5.74) is 7.44. The van der Waals surface area contributed by atoms with Gasteiger partial charge in [0.15, 0.2) is 0 Å². The number of rotatable bonds is 2. The number of hydrogen-bond donors (Lipinski definition) is 1.